The van der Waals surface area contributed by atoms with Crippen molar-refractivity contribution >= 4 is 18.1 Å². The van der Waals surface area contributed by atoms with E-state index in [0.29, 0.717) is 13.0 Å². The second-order valence-electron chi connectivity index (χ2n) is 7.44. The van der Waals surface area contributed by atoms with Crippen molar-refractivity contribution in [3.05, 3.63) is 52.0 Å². The molecule has 1 aliphatic rings. The van der Waals surface area contributed by atoms with Gasteiger partial charge >= 0.3 is 12.1 Å². The fraction of sp³-hybridized carbons (Fsp3) is 0.435. The van der Waals surface area contributed by atoms with Crippen molar-refractivity contribution in [1.82, 2.24) is 9.88 Å². The van der Waals surface area contributed by atoms with Crippen molar-refractivity contribution in [2.24, 2.45) is 0 Å². The number of hydrogen-bond acceptors (Lipinski definition) is 4. The molecule has 1 atom stereocenters. The van der Waals surface area contributed by atoms with E-state index in [0.717, 1.165) is 17.7 Å². The standard InChI is InChI=1S/C11H13NO.C10H17NO4.C2H2/c1-3-4-5-6-10-9(2)12-8-7-11(10)13;1-10(2,3)15-9(14)11-6-4-5-7(11)8(12)13;1-2/h3-8H,1-2H3,(H,12,13);7H,4-6H2,1-3H3,(H,12,13);1-2H/b4-3-,6-5-;;/t;7-;/m.0./s1. The number of carboxylic acid groups (broad SMARTS) is 1. The third kappa shape index (κ3) is 9.28. The second-order valence-corrected chi connectivity index (χ2v) is 7.44. The van der Waals surface area contributed by atoms with Gasteiger partial charge in [-0.05, 0) is 53.5 Å². The zero-order chi connectivity index (χ0) is 23.3. The summed E-state index contributed by atoms with van der Waals surface area (Å²) in [5, 5.41) is 8.88. The molecule has 0 aromatic carbocycles. The van der Waals surface area contributed by atoms with Crippen molar-refractivity contribution in [1.29, 1.82) is 0 Å². The monoisotopic (exact) mass is 416 g/mol. The largest absolute Gasteiger partial charge is 0.480 e. The number of nitrogens with zero attached hydrogens (tertiary/aromatic N) is 1. The summed E-state index contributed by atoms with van der Waals surface area (Å²) in [4.78, 5) is 38.1. The Balaban J connectivity index is 0.000000522. The predicted octanol–water partition coefficient (Wildman–Crippen LogP) is 3.99. The number of hydrogen-bond donors (Lipinski definition) is 2. The van der Waals surface area contributed by atoms with E-state index in [2.05, 4.69) is 17.8 Å². The number of likely N-dealkylation sites (tertiary alicyclic amines) is 1. The van der Waals surface area contributed by atoms with Crippen LogP contribution in [0.1, 0.15) is 51.8 Å². The molecule has 0 radical (unpaired) electrons. The molecule has 0 aliphatic carbocycles. The lowest BCUT2D eigenvalue weighted by molar-refractivity contribution is -0.142. The Morgan fingerprint density at radius 2 is 1.93 bits per heavy atom. The Kier molecular flexibility index (Phi) is 11.6. The lowest BCUT2D eigenvalue weighted by Gasteiger charge is -2.26. The minimum Gasteiger partial charge on any atom is -0.480 e. The summed E-state index contributed by atoms with van der Waals surface area (Å²) >= 11 is 0. The molecule has 0 spiro atoms. The molecule has 2 heterocycles. The fourth-order valence-electron chi connectivity index (χ4n) is 2.63. The first-order valence-electron chi connectivity index (χ1n) is 9.60. The second kappa shape index (κ2) is 13.0. The van der Waals surface area contributed by atoms with Crippen molar-refractivity contribution in [2.75, 3.05) is 6.54 Å². The highest BCUT2D eigenvalue weighted by Gasteiger charge is 2.36. The molecule has 1 fully saturated rings. The summed E-state index contributed by atoms with van der Waals surface area (Å²) in [6.45, 7) is 9.57. The lowest BCUT2D eigenvalue weighted by atomic mass is 10.2. The van der Waals surface area contributed by atoms with E-state index in [9.17, 15) is 14.4 Å². The fourth-order valence-corrected chi connectivity index (χ4v) is 2.63. The summed E-state index contributed by atoms with van der Waals surface area (Å²) < 4.78 is 5.13. The third-order valence-corrected chi connectivity index (χ3v) is 3.94. The van der Waals surface area contributed by atoms with Gasteiger partial charge in [-0.25, -0.2) is 9.59 Å². The van der Waals surface area contributed by atoms with Gasteiger partial charge in [-0.3, -0.25) is 9.69 Å². The van der Waals surface area contributed by atoms with Crippen LogP contribution in [0.3, 0.4) is 0 Å². The molecule has 0 unspecified atom stereocenters. The zero-order valence-electron chi connectivity index (χ0n) is 18.3. The van der Waals surface area contributed by atoms with Crippen molar-refractivity contribution in [3.8, 4) is 12.8 Å². The van der Waals surface area contributed by atoms with Crippen LogP contribution in [0.25, 0.3) is 6.08 Å². The molecular formula is C23H32N2O5. The molecule has 30 heavy (non-hydrogen) atoms. The van der Waals surface area contributed by atoms with Gasteiger partial charge in [-0.2, -0.15) is 0 Å². The van der Waals surface area contributed by atoms with E-state index in [1.54, 1.807) is 27.0 Å². The summed E-state index contributed by atoms with van der Waals surface area (Å²) in [5.74, 6) is -0.960. The molecule has 1 saturated heterocycles. The number of aromatic nitrogens is 1. The highest BCUT2D eigenvalue weighted by molar-refractivity contribution is 5.80. The molecule has 2 N–H and O–H groups in total. The van der Waals surface area contributed by atoms with Crippen LogP contribution < -0.4 is 5.43 Å². The maximum atomic E-state index is 11.6. The number of aromatic amines is 1. The molecule has 2 rings (SSSR count). The number of H-pyrrole nitrogens is 1. The van der Waals surface area contributed by atoms with Gasteiger partial charge in [0.25, 0.3) is 0 Å². The Labute approximate surface area is 178 Å². The number of carbonyl (C=O) groups is 2. The number of pyridine rings is 1. The van der Waals surface area contributed by atoms with E-state index < -0.39 is 23.7 Å². The van der Waals surface area contributed by atoms with E-state index in [1.165, 1.54) is 11.0 Å². The summed E-state index contributed by atoms with van der Waals surface area (Å²) in [6.07, 6.45) is 17.8. The first-order chi connectivity index (χ1) is 14.1. The Morgan fingerprint density at radius 1 is 1.30 bits per heavy atom. The number of ether oxygens (including phenoxy) is 1. The molecule has 1 aliphatic heterocycles. The topological polar surface area (TPSA) is 99.7 Å². The van der Waals surface area contributed by atoms with E-state index >= 15 is 0 Å². The molecule has 7 nitrogen and oxygen atoms in total. The van der Waals surface area contributed by atoms with Crippen molar-refractivity contribution in [3.63, 3.8) is 0 Å². The third-order valence-electron chi connectivity index (χ3n) is 3.94. The maximum Gasteiger partial charge on any atom is 0.411 e. The van der Waals surface area contributed by atoms with Gasteiger partial charge in [0.05, 0.1) is 0 Å². The Morgan fingerprint density at radius 3 is 2.43 bits per heavy atom. The van der Waals surface area contributed by atoms with Crippen LogP contribution >= 0.6 is 0 Å². The minimum absolute atomic E-state index is 0.0528. The molecule has 1 amide bonds. The van der Waals surface area contributed by atoms with Gasteiger partial charge in [0.15, 0.2) is 5.43 Å². The van der Waals surface area contributed by atoms with Crippen LogP contribution in [0.2, 0.25) is 0 Å². The molecule has 0 bridgehead atoms. The van der Waals surface area contributed by atoms with E-state index in [1.807, 2.05) is 38.2 Å². The van der Waals surface area contributed by atoms with Gasteiger partial charge in [0.1, 0.15) is 11.6 Å². The average Bonchev–Trinajstić information content (AvgIpc) is 3.16. The maximum absolute atomic E-state index is 11.6. The average molecular weight is 417 g/mol. The van der Waals surface area contributed by atoms with Gasteiger partial charge in [0.2, 0.25) is 0 Å². The number of carboxylic acids is 1. The summed E-state index contributed by atoms with van der Waals surface area (Å²) in [6, 6.07) is 0.808. The predicted molar refractivity (Wildman–Crippen MR) is 119 cm³/mol. The van der Waals surface area contributed by atoms with E-state index in [4.69, 9.17) is 9.84 Å². The molecule has 1 aromatic rings. The molecule has 164 valence electrons. The normalized spacial score (nSPS) is 15.8. The first kappa shape index (κ1) is 26.7. The number of amides is 1. The number of aliphatic carboxylic acids is 1. The van der Waals surface area contributed by atoms with Gasteiger partial charge in [-0.1, -0.05) is 18.2 Å². The Hall–Kier alpha value is -3.27. The number of allylic oxidation sites excluding steroid dienone is 3. The van der Waals surface area contributed by atoms with Crippen LogP contribution in [0, 0.1) is 19.8 Å². The molecule has 7 heteroatoms. The number of nitrogens with one attached hydrogen (secondary N) is 1. The minimum atomic E-state index is -0.960. The van der Waals surface area contributed by atoms with Gasteiger partial charge in [0, 0.05) is 30.1 Å². The quantitative estimate of drug-likeness (QED) is 0.573. The number of rotatable bonds is 3. The van der Waals surface area contributed by atoms with Crippen molar-refractivity contribution in [2.45, 2.75) is 59.1 Å². The number of terminal acetylenes is 1. The summed E-state index contributed by atoms with van der Waals surface area (Å²) in [7, 11) is 0. The zero-order valence-corrected chi connectivity index (χ0v) is 18.3. The highest BCUT2D eigenvalue weighted by Crippen LogP contribution is 2.20. The number of aryl methyl sites for hydroxylation is 1. The van der Waals surface area contributed by atoms with Crippen LogP contribution in [0.4, 0.5) is 4.79 Å². The van der Waals surface area contributed by atoms with Crippen LogP contribution in [0.15, 0.2) is 35.3 Å². The molecular weight excluding hydrogens is 384 g/mol. The van der Waals surface area contributed by atoms with Crippen LogP contribution in [0.5, 0.6) is 0 Å². The van der Waals surface area contributed by atoms with Gasteiger partial charge in [-0.15, -0.1) is 12.8 Å². The highest BCUT2D eigenvalue weighted by atomic mass is 16.6. The smallest absolute Gasteiger partial charge is 0.411 e. The first-order valence-corrected chi connectivity index (χ1v) is 9.60. The Bertz CT molecular complexity index is 828. The van der Waals surface area contributed by atoms with Crippen LogP contribution in [-0.4, -0.2) is 45.2 Å². The van der Waals surface area contributed by atoms with E-state index in [-0.39, 0.29) is 5.43 Å². The van der Waals surface area contributed by atoms with Crippen LogP contribution in [-0.2, 0) is 9.53 Å². The SMILES string of the molecule is C#C.C/C=C\C=C/c1c(C)[nH]ccc1=O.CC(C)(C)OC(=O)N1CCC[C@H]1C(=O)O. The lowest BCUT2D eigenvalue weighted by Crippen LogP contribution is -2.43. The molecule has 0 saturated carbocycles. The van der Waals surface area contributed by atoms with Crippen molar-refractivity contribution < 1.29 is 19.4 Å². The summed E-state index contributed by atoms with van der Waals surface area (Å²) in [5.41, 5.74) is 1.09. The number of carbonyl (C=O) groups excluding carboxylic acids is 1. The van der Waals surface area contributed by atoms with Gasteiger partial charge < -0.3 is 14.8 Å². The molecule has 1 aromatic heterocycles.